The molecule has 6 heteroatoms. The van der Waals surface area contributed by atoms with E-state index < -0.39 is 29.3 Å². The Hall–Kier alpha value is -1.95. The van der Waals surface area contributed by atoms with E-state index in [4.69, 9.17) is 25.5 Å². The number of aromatic hydroxyl groups is 3. The van der Waals surface area contributed by atoms with Gasteiger partial charge in [0.25, 0.3) is 0 Å². The van der Waals surface area contributed by atoms with Crippen LogP contribution in [0.2, 0.25) is 0 Å². The van der Waals surface area contributed by atoms with E-state index in [2.05, 4.69) is 0 Å². The minimum atomic E-state index is -1.62. The van der Waals surface area contributed by atoms with Crippen LogP contribution in [0.25, 0.3) is 0 Å². The highest BCUT2D eigenvalue weighted by Crippen LogP contribution is 2.35. The molecule has 0 saturated heterocycles. The number of phenolic OH excluding ortho intramolecular Hbond substituents is 3. The van der Waals surface area contributed by atoms with Gasteiger partial charge in [-0.05, 0) is 17.7 Å². The summed E-state index contributed by atoms with van der Waals surface area (Å²) in [5.74, 6) is -3.21. The Balaban J connectivity index is 2.92. The van der Waals surface area contributed by atoms with Crippen molar-refractivity contribution in [2.24, 2.45) is 0 Å². The van der Waals surface area contributed by atoms with E-state index in [1.54, 1.807) is 0 Å². The summed E-state index contributed by atoms with van der Waals surface area (Å²) in [5, 5.41) is 44.6. The van der Waals surface area contributed by atoms with Crippen molar-refractivity contribution in [3.63, 3.8) is 0 Å². The third-order valence-electron chi connectivity index (χ3n) is 1.84. The Labute approximate surface area is 84.7 Å². The van der Waals surface area contributed by atoms with Crippen molar-refractivity contribution in [1.82, 2.24) is 0 Å². The number of hydrogen-bond acceptors (Lipinski definition) is 5. The molecule has 5 N–H and O–H groups in total. The van der Waals surface area contributed by atoms with Gasteiger partial charge < -0.3 is 25.5 Å². The lowest BCUT2D eigenvalue weighted by molar-refractivity contribution is -0.146. The molecule has 0 aromatic heterocycles. The van der Waals surface area contributed by atoms with Crippen LogP contribution in [0.15, 0.2) is 12.1 Å². The average molecular weight is 214 g/mol. The summed E-state index contributed by atoms with van der Waals surface area (Å²) in [6.45, 7) is 0. The van der Waals surface area contributed by atoms with Gasteiger partial charge in [-0.3, -0.25) is 0 Å². The molecule has 1 rings (SSSR count). The minimum Gasteiger partial charge on any atom is -0.504 e. The quantitative estimate of drug-likeness (QED) is 0.444. The lowest BCUT2D eigenvalue weighted by Crippen LogP contribution is -2.21. The second kappa shape index (κ2) is 4.05. The van der Waals surface area contributed by atoms with Crippen LogP contribution in [0.3, 0.4) is 0 Å². The van der Waals surface area contributed by atoms with Crippen molar-refractivity contribution in [3.8, 4) is 17.2 Å². The van der Waals surface area contributed by atoms with Gasteiger partial charge >= 0.3 is 5.97 Å². The van der Waals surface area contributed by atoms with E-state index in [-0.39, 0.29) is 12.0 Å². The van der Waals surface area contributed by atoms with Gasteiger partial charge in [0.1, 0.15) is 0 Å². The summed E-state index contributed by atoms with van der Waals surface area (Å²) in [4.78, 5) is 10.3. The van der Waals surface area contributed by atoms with E-state index in [1.807, 2.05) is 0 Å². The first kappa shape index (κ1) is 11.1. The molecular weight excluding hydrogens is 204 g/mol. The fraction of sp³-hybridized carbons (Fsp3) is 0.222. The Kier molecular flexibility index (Phi) is 3.01. The lowest BCUT2D eigenvalue weighted by Gasteiger charge is -2.07. The highest BCUT2D eigenvalue weighted by atomic mass is 16.4. The number of benzene rings is 1. The maximum absolute atomic E-state index is 10.3. The van der Waals surface area contributed by atoms with Crippen molar-refractivity contribution < 1.29 is 30.3 Å². The van der Waals surface area contributed by atoms with Crippen LogP contribution in [0.4, 0.5) is 0 Å². The van der Waals surface area contributed by atoms with Crippen LogP contribution in [0.1, 0.15) is 5.56 Å². The highest BCUT2D eigenvalue weighted by molar-refractivity contribution is 5.72. The van der Waals surface area contributed by atoms with Gasteiger partial charge in [-0.2, -0.15) is 0 Å². The summed E-state index contributed by atoms with van der Waals surface area (Å²) in [6.07, 6.45) is -1.88. The smallest absolute Gasteiger partial charge is 0.332 e. The first-order chi connectivity index (χ1) is 6.91. The van der Waals surface area contributed by atoms with Gasteiger partial charge in [0.2, 0.25) is 0 Å². The lowest BCUT2D eigenvalue weighted by atomic mass is 10.1. The summed E-state index contributed by atoms with van der Waals surface area (Å²) in [5.41, 5.74) is 0.206. The largest absolute Gasteiger partial charge is 0.504 e. The molecule has 0 spiro atoms. The average Bonchev–Trinajstić information content (AvgIpc) is 2.13. The standard InChI is InChI=1S/C9H10O6/c10-5-1-4(2-6(11)8(5)13)3-7(12)9(14)15/h1-2,7,10-13H,3H2,(H,14,15). The number of phenols is 3. The molecule has 1 atom stereocenters. The molecule has 0 amide bonds. The maximum Gasteiger partial charge on any atom is 0.332 e. The maximum atomic E-state index is 10.3. The first-order valence-corrected chi connectivity index (χ1v) is 4.06. The Morgan fingerprint density at radius 2 is 1.67 bits per heavy atom. The van der Waals surface area contributed by atoms with Crippen LogP contribution in [-0.4, -0.2) is 37.6 Å². The monoisotopic (exact) mass is 214 g/mol. The van der Waals surface area contributed by atoms with Crippen molar-refractivity contribution in [2.75, 3.05) is 0 Å². The van der Waals surface area contributed by atoms with Gasteiger partial charge in [0.05, 0.1) is 0 Å². The molecular formula is C9H10O6. The molecule has 0 bridgehead atoms. The normalized spacial score (nSPS) is 12.3. The van der Waals surface area contributed by atoms with E-state index in [1.165, 1.54) is 0 Å². The number of aliphatic hydroxyl groups excluding tert-OH is 1. The van der Waals surface area contributed by atoms with Gasteiger partial charge in [-0.15, -0.1) is 0 Å². The van der Waals surface area contributed by atoms with E-state index >= 15 is 0 Å². The van der Waals surface area contributed by atoms with Crippen molar-refractivity contribution in [2.45, 2.75) is 12.5 Å². The van der Waals surface area contributed by atoms with E-state index in [0.717, 1.165) is 12.1 Å². The summed E-state index contributed by atoms with van der Waals surface area (Å²) in [6, 6.07) is 2.14. The highest BCUT2D eigenvalue weighted by Gasteiger charge is 2.16. The molecule has 82 valence electrons. The molecule has 0 fully saturated rings. The predicted molar refractivity (Wildman–Crippen MR) is 48.8 cm³/mol. The second-order valence-electron chi connectivity index (χ2n) is 3.04. The zero-order valence-corrected chi connectivity index (χ0v) is 7.58. The second-order valence-corrected chi connectivity index (χ2v) is 3.04. The Bertz CT molecular complexity index is 363. The number of aliphatic hydroxyl groups is 1. The molecule has 15 heavy (non-hydrogen) atoms. The van der Waals surface area contributed by atoms with Crippen LogP contribution >= 0.6 is 0 Å². The van der Waals surface area contributed by atoms with Crippen molar-refractivity contribution in [3.05, 3.63) is 17.7 Å². The molecule has 1 aromatic rings. The number of carboxylic acid groups (broad SMARTS) is 1. The number of carbonyl (C=O) groups is 1. The number of carboxylic acids is 1. The molecule has 0 aliphatic carbocycles. The third-order valence-corrected chi connectivity index (χ3v) is 1.84. The van der Waals surface area contributed by atoms with Crippen LogP contribution in [-0.2, 0) is 11.2 Å². The van der Waals surface area contributed by atoms with E-state index in [0.29, 0.717) is 0 Å². The molecule has 1 unspecified atom stereocenters. The van der Waals surface area contributed by atoms with Crippen LogP contribution in [0, 0.1) is 0 Å². The summed E-state index contributed by atoms with van der Waals surface area (Å²) < 4.78 is 0. The van der Waals surface area contributed by atoms with Crippen LogP contribution in [0.5, 0.6) is 17.2 Å². The Morgan fingerprint density at radius 1 is 1.20 bits per heavy atom. The number of aliphatic carboxylic acids is 1. The first-order valence-electron chi connectivity index (χ1n) is 4.06. The molecule has 0 saturated carbocycles. The summed E-state index contributed by atoms with van der Waals surface area (Å²) in [7, 11) is 0. The topological polar surface area (TPSA) is 118 Å². The van der Waals surface area contributed by atoms with Crippen LogP contribution < -0.4 is 0 Å². The minimum absolute atomic E-state index is 0.206. The molecule has 0 heterocycles. The number of rotatable bonds is 3. The zero-order chi connectivity index (χ0) is 11.6. The fourth-order valence-electron chi connectivity index (χ4n) is 1.09. The molecule has 0 radical (unpaired) electrons. The van der Waals surface area contributed by atoms with Gasteiger partial charge in [-0.1, -0.05) is 0 Å². The van der Waals surface area contributed by atoms with Gasteiger partial charge in [0.15, 0.2) is 23.4 Å². The predicted octanol–water partition coefficient (Wildman–Crippen LogP) is -0.209. The molecule has 0 aliphatic rings. The number of hydrogen-bond donors (Lipinski definition) is 5. The third kappa shape index (κ3) is 2.50. The van der Waals surface area contributed by atoms with Gasteiger partial charge in [-0.25, -0.2) is 4.79 Å². The van der Waals surface area contributed by atoms with Gasteiger partial charge in [0, 0.05) is 6.42 Å². The fourth-order valence-corrected chi connectivity index (χ4v) is 1.09. The zero-order valence-electron chi connectivity index (χ0n) is 7.58. The Morgan fingerprint density at radius 3 is 2.07 bits per heavy atom. The molecule has 6 nitrogen and oxygen atoms in total. The van der Waals surface area contributed by atoms with Crippen molar-refractivity contribution in [1.29, 1.82) is 0 Å². The molecule has 1 aromatic carbocycles. The van der Waals surface area contributed by atoms with Crippen molar-refractivity contribution >= 4 is 5.97 Å². The van der Waals surface area contributed by atoms with E-state index in [9.17, 15) is 4.79 Å². The SMILES string of the molecule is O=C(O)C(O)Cc1cc(O)c(O)c(O)c1. The summed E-state index contributed by atoms with van der Waals surface area (Å²) >= 11 is 0. The molecule has 0 aliphatic heterocycles.